The van der Waals surface area contributed by atoms with Crippen molar-refractivity contribution in [2.24, 2.45) is 5.92 Å². The van der Waals surface area contributed by atoms with Crippen molar-refractivity contribution in [1.29, 1.82) is 0 Å². The Bertz CT molecular complexity index is 561. The van der Waals surface area contributed by atoms with Gasteiger partial charge in [0.15, 0.2) is 0 Å². The van der Waals surface area contributed by atoms with Crippen molar-refractivity contribution < 1.29 is 4.74 Å². The number of aromatic nitrogens is 1. The lowest BCUT2D eigenvalue weighted by Gasteiger charge is -2.23. The minimum atomic E-state index is 0.531. The molecular weight excluding hydrogens is 286 g/mol. The Morgan fingerprint density at radius 1 is 1.09 bits per heavy atom. The molecule has 4 heteroatoms. The topological polar surface area (TPSA) is 37.4 Å². The molecule has 1 N–H and O–H groups in total. The van der Waals surface area contributed by atoms with Gasteiger partial charge in [0, 0.05) is 51.0 Å². The average molecular weight is 311 g/mol. The van der Waals surface area contributed by atoms with Gasteiger partial charge in [0.1, 0.15) is 0 Å². The Balaban J connectivity index is 1.47. The number of benzene rings is 1. The summed E-state index contributed by atoms with van der Waals surface area (Å²) < 4.78 is 5.94. The van der Waals surface area contributed by atoms with E-state index in [4.69, 9.17) is 4.74 Å². The zero-order valence-corrected chi connectivity index (χ0v) is 13.5. The third kappa shape index (κ3) is 5.43. The molecule has 122 valence electrons. The Morgan fingerprint density at radius 3 is 2.74 bits per heavy atom. The quantitative estimate of drug-likeness (QED) is 0.888. The number of nitrogens with one attached hydrogen (secondary N) is 1. The van der Waals surface area contributed by atoms with Crippen molar-refractivity contribution in [1.82, 2.24) is 15.2 Å². The van der Waals surface area contributed by atoms with Crippen LogP contribution in [-0.4, -0.2) is 42.7 Å². The van der Waals surface area contributed by atoms with Crippen LogP contribution in [0.15, 0.2) is 54.9 Å². The summed E-state index contributed by atoms with van der Waals surface area (Å²) in [5.41, 5.74) is 2.56. The second-order valence-corrected chi connectivity index (χ2v) is 6.16. The van der Waals surface area contributed by atoms with Crippen molar-refractivity contribution >= 4 is 0 Å². The van der Waals surface area contributed by atoms with Crippen LogP contribution >= 0.6 is 0 Å². The molecule has 23 heavy (non-hydrogen) atoms. The fourth-order valence-electron chi connectivity index (χ4n) is 2.98. The van der Waals surface area contributed by atoms with Crippen LogP contribution in [0.3, 0.4) is 0 Å². The van der Waals surface area contributed by atoms with Gasteiger partial charge in [-0.1, -0.05) is 30.3 Å². The summed E-state index contributed by atoms with van der Waals surface area (Å²) in [6.07, 6.45) is 3.73. The van der Waals surface area contributed by atoms with Crippen LogP contribution in [0.25, 0.3) is 0 Å². The summed E-state index contributed by atoms with van der Waals surface area (Å²) in [4.78, 5) is 6.60. The number of hydrogen-bond acceptors (Lipinski definition) is 4. The molecule has 4 nitrogen and oxygen atoms in total. The van der Waals surface area contributed by atoms with E-state index in [9.17, 15) is 0 Å². The van der Waals surface area contributed by atoms with Gasteiger partial charge >= 0.3 is 0 Å². The molecule has 0 spiro atoms. The zero-order valence-electron chi connectivity index (χ0n) is 13.5. The first-order chi connectivity index (χ1) is 11.4. The van der Waals surface area contributed by atoms with Crippen LogP contribution in [0, 0.1) is 5.92 Å². The second kappa shape index (κ2) is 8.77. The fourth-order valence-corrected chi connectivity index (χ4v) is 2.98. The molecule has 1 atom stereocenters. The lowest BCUT2D eigenvalue weighted by Crippen LogP contribution is -2.31. The summed E-state index contributed by atoms with van der Waals surface area (Å²) in [5.74, 6) is 0.531. The minimum Gasteiger partial charge on any atom is -0.376 e. The van der Waals surface area contributed by atoms with Gasteiger partial charge in [-0.15, -0.1) is 0 Å². The van der Waals surface area contributed by atoms with E-state index >= 15 is 0 Å². The standard InChI is InChI=1S/C19H25N3O/c1-2-4-18(5-3-1)15-23-16-19-12-21-10-11-22(14-19)13-17-6-8-20-9-7-17/h1-9,19,21H,10-16H2/t19-/m1/s1. The normalized spacial score (nSPS) is 19.4. The third-order valence-corrected chi connectivity index (χ3v) is 4.17. The van der Waals surface area contributed by atoms with Gasteiger partial charge in [-0.3, -0.25) is 9.88 Å². The molecule has 1 aromatic carbocycles. The Hall–Kier alpha value is -1.75. The first kappa shape index (κ1) is 16.1. The molecule has 0 saturated carbocycles. The van der Waals surface area contributed by atoms with E-state index in [0.717, 1.165) is 39.3 Å². The average Bonchev–Trinajstić information content (AvgIpc) is 2.82. The number of hydrogen-bond donors (Lipinski definition) is 1. The Labute approximate surface area is 138 Å². The maximum absolute atomic E-state index is 5.94. The maximum Gasteiger partial charge on any atom is 0.0717 e. The summed E-state index contributed by atoms with van der Waals surface area (Å²) >= 11 is 0. The smallest absolute Gasteiger partial charge is 0.0717 e. The van der Waals surface area contributed by atoms with E-state index in [2.05, 4.69) is 51.6 Å². The van der Waals surface area contributed by atoms with Crippen LogP contribution in [0.2, 0.25) is 0 Å². The Morgan fingerprint density at radius 2 is 1.91 bits per heavy atom. The molecule has 1 aliphatic heterocycles. The van der Waals surface area contributed by atoms with E-state index < -0.39 is 0 Å². The van der Waals surface area contributed by atoms with E-state index in [-0.39, 0.29) is 0 Å². The first-order valence-corrected chi connectivity index (χ1v) is 8.34. The molecule has 0 bridgehead atoms. The molecule has 0 amide bonds. The Kier molecular flexibility index (Phi) is 6.15. The summed E-state index contributed by atoms with van der Waals surface area (Å²) in [6, 6.07) is 14.6. The molecular formula is C19H25N3O. The van der Waals surface area contributed by atoms with Crippen molar-refractivity contribution in [2.75, 3.05) is 32.8 Å². The third-order valence-electron chi connectivity index (χ3n) is 4.17. The lowest BCUT2D eigenvalue weighted by molar-refractivity contribution is 0.0757. The summed E-state index contributed by atoms with van der Waals surface area (Å²) in [7, 11) is 0. The molecule has 1 aromatic heterocycles. The van der Waals surface area contributed by atoms with Crippen LogP contribution in [0.4, 0.5) is 0 Å². The lowest BCUT2D eigenvalue weighted by atomic mass is 10.1. The molecule has 0 unspecified atom stereocenters. The molecule has 1 aliphatic rings. The van der Waals surface area contributed by atoms with Crippen molar-refractivity contribution in [3.8, 4) is 0 Å². The molecule has 3 rings (SSSR count). The molecule has 2 aromatic rings. The fraction of sp³-hybridized carbons (Fsp3) is 0.421. The van der Waals surface area contributed by atoms with Crippen molar-refractivity contribution in [3.63, 3.8) is 0 Å². The van der Waals surface area contributed by atoms with Crippen LogP contribution in [-0.2, 0) is 17.9 Å². The predicted octanol–water partition coefficient (Wildman–Crippen LogP) is 2.32. The van der Waals surface area contributed by atoms with Gasteiger partial charge in [0.25, 0.3) is 0 Å². The first-order valence-electron chi connectivity index (χ1n) is 8.34. The summed E-state index contributed by atoms with van der Waals surface area (Å²) in [5, 5.41) is 3.53. The molecule has 0 radical (unpaired) electrons. The van der Waals surface area contributed by atoms with E-state index in [1.165, 1.54) is 11.1 Å². The van der Waals surface area contributed by atoms with Gasteiger partial charge in [-0.25, -0.2) is 0 Å². The maximum atomic E-state index is 5.94. The van der Waals surface area contributed by atoms with Crippen LogP contribution < -0.4 is 5.32 Å². The van der Waals surface area contributed by atoms with Crippen LogP contribution in [0.5, 0.6) is 0 Å². The van der Waals surface area contributed by atoms with Crippen LogP contribution in [0.1, 0.15) is 11.1 Å². The van der Waals surface area contributed by atoms with Gasteiger partial charge in [0.05, 0.1) is 13.2 Å². The van der Waals surface area contributed by atoms with E-state index in [1.807, 2.05) is 18.5 Å². The molecule has 2 heterocycles. The van der Waals surface area contributed by atoms with E-state index in [1.54, 1.807) is 0 Å². The highest BCUT2D eigenvalue weighted by Crippen LogP contribution is 2.10. The number of pyridine rings is 1. The number of ether oxygens (including phenoxy) is 1. The second-order valence-electron chi connectivity index (χ2n) is 6.16. The van der Waals surface area contributed by atoms with Gasteiger partial charge < -0.3 is 10.1 Å². The van der Waals surface area contributed by atoms with Gasteiger partial charge in [-0.05, 0) is 23.3 Å². The van der Waals surface area contributed by atoms with Crippen molar-refractivity contribution in [2.45, 2.75) is 13.2 Å². The number of rotatable bonds is 6. The zero-order chi connectivity index (χ0) is 15.7. The van der Waals surface area contributed by atoms with Gasteiger partial charge in [0.2, 0.25) is 0 Å². The van der Waals surface area contributed by atoms with E-state index in [0.29, 0.717) is 12.5 Å². The molecule has 1 fully saturated rings. The molecule has 0 aliphatic carbocycles. The SMILES string of the molecule is c1ccc(COC[C@@H]2CNCCN(Cc3ccncc3)C2)cc1. The molecule has 1 saturated heterocycles. The minimum absolute atomic E-state index is 0.531. The largest absolute Gasteiger partial charge is 0.376 e. The van der Waals surface area contributed by atoms with Gasteiger partial charge in [-0.2, -0.15) is 0 Å². The monoisotopic (exact) mass is 311 g/mol. The number of nitrogens with zero attached hydrogens (tertiary/aromatic N) is 2. The highest BCUT2D eigenvalue weighted by Gasteiger charge is 2.18. The highest BCUT2D eigenvalue weighted by atomic mass is 16.5. The highest BCUT2D eigenvalue weighted by molar-refractivity contribution is 5.13. The predicted molar refractivity (Wildman–Crippen MR) is 92.0 cm³/mol. The van der Waals surface area contributed by atoms with Crippen molar-refractivity contribution in [3.05, 3.63) is 66.0 Å². The summed E-state index contributed by atoms with van der Waals surface area (Å²) in [6.45, 7) is 6.71.